The van der Waals surface area contributed by atoms with Crippen molar-refractivity contribution < 1.29 is 24.3 Å². The van der Waals surface area contributed by atoms with E-state index < -0.39 is 12.7 Å². The van der Waals surface area contributed by atoms with E-state index in [1.807, 2.05) is 20.8 Å². The molecule has 0 atom stereocenters. The summed E-state index contributed by atoms with van der Waals surface area (Å²) in [5.74, 6) is 0.473. The SMILES string of the molecule is CC(C)(C)OC(=O)N(CCCOc1ccc(B(O)O)cc1Cl)C1CC1. The Morgan fingerprint density at radius 1 is 1.36 bits per heavy atom. The molecule has 0 radical (unpaired) electrons. The van der Waals surface area contributed by atoms with E-state index in [9.17, 15) is 4.79 Å². The lowest BCUT2D eigenvalue weighted by atomic mass is 9.80. The molecule has 0 aliphatic heterocycles. The van der Waals surface area contributed by atoms with Gasteiger partial charge >= 0.3 is 13.2 Å². The van der Waals surface area contributed by atoms with Crippen molar-refractivity contribution in [3.63, 3.8) is 0 Å². The van der Waals surface area contributed by atoms with Crippen LogP contribution >= 0.6 is 11.6 Å². The molecule has 1 fully saturated rings. The Bertz CT molecular complexity index is 601. The second kappa shape index (κ2) is 8.30. The van der Waals surface area contributed by atoms with Gasteiger partial charge < -0.3 is 24.4 Å². The third kappa shape index (κ3) is 6.42. The van der Waals surface area contributed by atoms with Gasteiger partial charge in [0.2, 0.25) is 0 Å². The molecular weight excluding hydrogens is 344 g/mol. The van der Waals surface area contributed by atoms with Crippen LogP contribution in [-0.2, 0) is 4.74 Å². The Morgan fingerprint density at radius 3 is 2.56 bits per heavy atom. The van der Waals surface area contributed by atoms with Crippen LogP contribution in [0.2, 0.25) is 5.02 Å². The zero-order valence-electron chi connectivity index (χ0n) is 14.9. The number of amides is 1. The highest BCUT2D eigenvalue weighted by Crippen LogP contribution is 2.29. The predicted molar refractivity (Wildman–Crippen MR) is 97.4 cm³/mol. The van der Waals surface area contributed by atoms with Gasteiger partial charge in [-0.1, -0.05) is 17.7 Å². The van der Waals surface area contributed by atoms with Gasteiger partial charge in [-0.15, -0.1) is 0 Å². The number of hydrogen-bond acceptors (Lipinski definition) is 5. The van der Waals surface area contributed by atoms with Gasteiger partial charge in [0.25, 0.3) is 0 Å². The van der Waals surface area contributed by atoms with Crippen LogP contribution in [0.4, 0.5) is 4.79 Å². The normalized spacial score (nSPS) is 14.2. The van der Waals surface area contributed by atoms with Crippen molar-refractivity contribution in [2.24, 2.45) is 0 Å². The van der Waals surface area contributed by atoms with Gasteiger partial charge in [-0.05, 0) is 57.6 Å². The lowest BCUT2D eigenvalue weighted by Gasteiger charge is -2.27. The molecule has 0 heterocycles. The van der Waals surface area contributed by atoms with Crippen LogP contribution in [0, 0.1) is 0 Å². The van der Waals surface area contributed by atoms with Gasteiger partial charge in [-0.3, -0.25) is 0 Å². The number of halogens is 1. The minimum atomic E-state index is -1.56. The molecule has 1 aromatic carbocycles. The van der Waals surface area contributed by atoms with Crippen molar-refractivity contribution in [2.45, 2.75) is 51.7 Å². The first-order chi connectivity index (χ1) is 11.7. The zero-order valence-corrected chi connectivity index (χ0v) is 15.6. The van der Waals surface area contributed by atoms with Crippen molar-refractivity contribution in [3.8, 4) is 5.75 Å². The van der Waals surface area contributed by atoms with E-state index in [4.69, 9.17) is 31.1 Å². The number of nitrogens with zero attached hydrogens (tertiary/aromatic N) is 1. The molecule has 1 aliphatic carbocycles. The van der Waals surface area contributed by atoms with Crippen molar-refractivity contribution >= 4 is 30.3 Å². The molecule has 0 bridgehead atoms. The molecule has 1 saturated carbocycles. The first kappa shape index (κ1) is 19.9. The quantitative estimate of drug-likeness (QED) is 0.569. The number of benzene rings is 1. The summed E-state index contributed by atoms with van der Waals surface area (Å²) in [5.41, 5.74) is -0.199. The van der Waals surface area contributed by atoms with Crippen molar-refractivity contribution in [3.05, 3.63) is 23.2 Å². The topological polar surface area (TPSA) is 79.2 Å². The number of carbonyl (C=O) groups is 1. The second-order valence-electron chi connectivity index (χ2n) is 7.17. The molecule has 1 aliphatic rings. The van der Waals surface area contributed by atoms with E-state index in [1.165, 1.54) is 6.07 Å². The molecular formula is C17H25BClNO5. The van der Waals surface area contributed by atoms with E-state index in [2.05, 4.69) is 0 Å². The summed E-state index contributed by atoms with van der Waals surface area (Å²) in [6, 6.07) is 4.87. The van der Waals surface area contributed by atoms with Crippen LogP contribution in [0.3, 0.4) is 0 Å². The predicted octanol–water partition coefficient (Wildman–Crippen LogP) is 2.19. The molecule has 25 heavy (non-hydrogen) atoms. The summed E-state index contributed by atoms with van der Waals surface area (Å²) in [6.07, 6.45) is 2.39. The fourth-order valence-corrected chi connectivity index (χ4v) is 2.59. The molecule has 2 N–H and O–H groups in total. The molecule has 6 nitrogen and oxygen atoms in total. The third-order valence-electron chi connectivity index (χ3n) is 3.67. The maximum Gasteiger partial charge on any atom is 0.488 e. The van der Waals surface area contributed by atoms with Crippen LogP contribution in [-0.4, -0.2) is 53.0 Å². The third-order valence-corrected chi connectivity index (χ3v) is 3.97. The van der Waals surface area contributed by atoms with Crippen LogP contribution in [0.5, 0.6) is 5.75 Å². The first-order valence-corrected chi connectivity index (χ1v) is 8.83. The van der Waals surface area contributed by atoms with E-state index in [1.54, 1.807) is 17.0 Å². The Hall–Kier alpha value is -1.44. The Kier molecular flexibility index (Phi) is 6.60. The molecule has 2 rings (SSSR count). The van der Waals surface area contributed by atoms with E-state index in [0.717, 1.165) is 12.8 Å². The van der Waals surface area contributed by atoms with Crippen LogP contribution in [0.15, 0.2) is 18.2 Å². The minimum absolute atomic E-state index is 0.267. The monoisotopic (exact) mass is 369 g/mol. The van der Waals surface area contributed by atoms with Crippen LogP contribution in [0.1, 0.15) is 40.0 Å². The Balaban J connectivity index is 1.82. The lowest BCUT2D eigenvalue weighted by Crippen LogP contribution is -2.39. The molecule has 0 unspecified atom stereocenters. The summed E-state index contributed by atoms with van der Waals surface area (Å²) < 4.78 is 11.1. The lowest BCUT2D eigenvalue weighted by molar-refractivity contribution is 0.0225. The summed E-state index contributed by atoms with van der Waals surface area (Å²) in [5, 5.41) is 18.5. The summed E-state index contributed by atoms with van der Waals surface area (Å²) >= 11 is 6.07. The average molecular weight is 370 g/mol. The van der Waals surface area contributed by atoms with Crippen molar-refractivity contribution in [2.75, 3.05) is 13.2 Å². The number of ether oxygens (including phenoxy) is 2. The molecule has 0 aromatic heterocycles. The van der Waals surface area contributed by atoms with E-state index in [0.29, 0.717) is 35.8 Å². The highest BCUT2D eigenvalue weighted by Gasteiger charge is 2.34. The van der Waals surface area contributed by atoms with Crippen LogP contribution in [0.25, 0.3) is 0 Å². The smallest absolute Gasteiger partial charge is 0.488 e. The van der Waals surface area contributed by atoms with Crippen molar-refractivity contribution in [1.29, 1.82) is 0 Å². The van der Waals surface area contributed by atoms with Gasteiger partial charge in [-0.2, -0.15) is 0 Å². The Labute approximate surface area is 153 Å². The standard InChI is InChI=1S/C17H25BClNO5/c1-17(2,3)25-16(21)20(13-6-7-13)9-4-10-24-15-8-5-12(18(22)23)11-14(15)19/h5,8,11,13,22-23H,4,6-7,9-10H2,1-3H3. The zero-order chi connectivity index (χ0) is 18.6. The highest BCUT2D eigenvalue weighted by atomic mass is 35.5. The van der Waals surface area contributed by atoms with Gasteiger partial charge in [0.15, 0.2) is 0 Å². The molecule has 1 aromatic rings. The van der Waals surface area contributed by atoms with Gasteiger partial charge in [0, 0.05) is 12.6 Å². The number of carbonyl (C=O) groups excluding carboxylic acids is 1. The van der Waals surface area contributed by atoms with Gasteiger partial charge in [-0.25, -0.2) is 4.79 Å². The fourth-order valence-electron chi connectivity index (χ4n) is 2.34. The largest absolute Gasteiger partial charge is 0.492 e. The minimum Gasteiger partial charge on any atom is -0.492 e. The first-order valence-electron chi connectivity index (χ1n) is 8.45. The van der Waals surface area contributed by atoms with E-state index >= 15 is 0 Å². The second-order valence-corrected chi connectivity index (χ2v) is 7.58. The molecule has 1 amide bonds. The summed E-state index contributed by atoms with van der Waals surface area (Å²) in [7, 11) is -1.56. The van der Waals surface area contributed by atoms with Crippen molar-refractivity contribution in [1.82, 2.24) is 4.90 Å². The van der Waals surface area contributed by atoms with Crippen LogP contribution < -0.4 is 10.2 Å². The Morgan fingerprint density at radius 2 is 2.04 bits per heavy atom. The molecule has 0 spiro atoms. The number of rotatable bonds is 7. The summed E-state index contributed by atoms with van der Waals surface area (Å²) in [4.78, 5) is 14.0. The average Bonchev–Trinajstić information content (AvgIpc) is 3.31. The maximum absolute atomic E-state index is 12.3. The maximum atomic E-state index is 12.3. The van der Waals surface area contributed by atoms with Gasteiger partial charge in [0.1, 0.15) is 11.4 Å². The fraction of sp³-hybridized carbons (Fsp3) is 0.588. The molecule has 138 valence electrons. The summed E-state index contributed by atoms with van der Waals surface area (Å²) in [6.45, 7) is 6.52. The van der Waals surface area contributed by atoms with Gasteiger partial charge in [0.05, 0.1) is 11.6 Å². The molecule has 8 heteroatoms. The number of hydrogen-bond donors (Lipinski definition) is 2. The molecule has 0 saturated heterocycles. The highest BCUT2D eigenvalue weighted by molar-refractivity contribution is 6.59. The van der Waals surface area contributed by atoms with E-state index in [-0.39, 0.29) is 12.1 Å².